The molecule has 0 N–H and O–H groups in total. The van der Waals surface area contributed by atoms with Crippen molar-refractivity contribution in [3.8, 4) is 66.8 Å². The first-order valence-electron chi connectivity index (χ1n) is 27.2. The van der Waals surface area contributed by atoms with Crippen molar-refractivity contribution in [2.45, 2.75) is 24.7 Å². The van der Waals surface area contributed by atoms with E-state index in [1.165, 1.54) is 94.6 Å². The number of fused-ring (bicyclic) bond motifs is 13. The van der Waals surface area contributed by atoms with E-state index in [4.69, 9.17) is 0 Å². The summed E-state index contributed by atoms with van der Waals surface area (Å²) < 4.78 is 0. The highest BCUT2D eigenvalue weighted by molar-refractivity contribution is 6.02. The molecule has 0 saturated heterocycles. The Kier molecular flexibility index (Phi) is 10.5. The van der Waals surface area contributed by atoms with Gasteiger partial charge in [-0.2, -0.15) is 0 Å². The maximum Gasteiger partial charge on any atom is 0.0727 e. The lowest BCUT2D eigenvalue weighted by Crippen LogP contribution is -2.27. The highest BCUT2D eigenvalue weighted by Gasteiger charge is 2.53. The van der Waals surface area contributed by atoms with Gasteiger partial charge in [-0.25, -0.2) is 0 Å². The minimum atomic E-state index is -0.720. The summed E-state index contributed by atoms with van der Waals surface area (Å²) in [6.07, 6.45) is 0. The van der Waals surface area contributed by atoms with Crippen LogP contribution in [0.15, 0.2) is 291 Å². The van der Waals surface area contributed by atoms with Gasteiger partial charge in [-0.1, -0.05) is 220 Å². The van der Waals surface area contributed by atoms with E-state index in [0.29, 0.717) is 0 Å². The molecule has 2 heteroatoms. The van der Waals surface area contributed by atoms with Crippen LogP contribution in [0, 0.1) is 0 Å². The summed E-state index contributed by atoms with van der Waals surface area (Å²) in [5.74, 6) is 0. The first kappa shape index (κ1) is 45.6. The molecule has 2 nitrogen and oxygen atoms in total. The summed E-state index contributed by atoms with van der Waals surface area (Å²) in [7, 11) is 0. The number of para-hydroxylation sites is 3. The van der Waals surface area contributed by atoms with Crippen molar-refractivity contribution in [3.63, 3.8) is 0 Å². The molecule has 3 aliphatic rings. The number of nitrogens with zero attached hydrogens (tertiary/aromatic N) is 2. The molecule has 3 aliphatic carbocycles. The summed E-state index contributed by atoms with van der Waals surface area (Å²) in [6, 6.07) is 108. The normalized spacial score (nSPS) is 14.7. The van der Waals surface area contributed by atoms with Gasteiger partial charge in [0.25, 0.3) is 0 Å². The summed E-state index contributed by atoms with van der Waals surface area (Å²) in [5, 5.41) is 0. The lowest BCUT2D eigenvalue weighted by Gasteiger charge is -2.34. The molecule has 78 heavy (non-hydrogen) atoms. The summed E-state index contributed by atoms with van der Waals surface area (Å²) in [5.41, 5.74) is 28.3. The lowest BCUT2D eigenvalue weighted by molar-refractivity contribution is 0.660. The third kappa shape index (κ3) is 6.96. The zero-order valence-electron chi connectivity index (χ0n) is 43.6. The highest BCUT2D eigenvalue weighted by atomic mass is 15.1. The molecule has 368 valence electrons. The molecule has 0 saturated carbocycles. The Balaban J connectivity index is 1.06. The number of anilines is 6. The van der Waals surface area contributed by atoms with Gasteiger partial charge in [0.1, 0.15) is 0 Å². The standard InChI is InChI=1S/C76H54N2/c1-75(2)68-36-22-21-35-61(68)62-41-40-60(47-71(62)75)78(58-33-19-8-20-34-58)74-50-73-67(49-64(74)53-27-13-5-14-28-53)66-46-55(52-25-11-4-12-26-52)38-44-70(66)76(73)69-43-37-54(51-23-9-3-10-24-51)45-65(69)63-42-39-59(48-72(63)76)77(56-29-15-6-16-30-56)57-31-17-7-18-32-57/h3-50H,1-2H3. The van der Waals surface area contributed by atoms with Gasteiger partial charge in [0, 0.05) is 39.4 Å². The Morgan fingerprint density at radius 2 is 0.615 bits per heavy atom. The van der Waals surface area contributed by atoms with Crippen molar-refractivity contribution < 1.29 is 0 Å². The molecule has 12 aromatic rings. The van der Waals surface area contributed by atoms with Gasteiger partial charge < -0.3 is 9.80 Å². The highest BCUT2D eigenvalue weighted by Crippen LogP contribution is 2.66. The Bertz CT molecular complexity index is 4220. The predicted molar refractivity (Wildman–Crippen MR) is 326 cm³/mol. The number of hydrogen-bond donors (Lipinski definition) is 0. The van der Waals surface area contributed by atoms with Crippen LogP contribution in [-0.4, -0.2) is 0 Å². The molecule has 15 rings (SSSR count). The smallest absolute Gasteiger partial charge is 0.0727 e. The Labute approximate surface area is 457 Å². The van der Waals surface area contributed by atoms with E-state index in [1.54, 1.807) is 0 Å². The predicted octanol–water partition coefficient (Wildman–Crippen LogP) is 20.3. The fourth-order valence-corrected chi connectivity index (χ4v) is 13.5. The number of rotatable bonds is 9. The maximum absolute atomic E-state index is 2.59. The van der Waals surface area contributed by atoms with E-state index < -0.39 is 5.41 Å². The quantitative estimate of drug-likeness (QED) is 0.142. The monoisotopic (exact) mass is 994 g/mol. The van der Waals surface area contributed by atoms with Gasteiger partial charge in [-0.15, -0.1) is 0 Å². The van der Waals surface area contributed by atoms with Gasteiger partial charge in [0.15, 0.2) is 0 Å². The molecular weight excluding hydrogens is 941 g/mol. The summed E-state index contributed by atoms with van der Waals surface area (Å²) >= 11 is 0. The molecule has 0 amide bonds. The molecule has 1 spiro atoms. The Hall–Kier alpha value is -9.76. The van der Waals surface area contributed by atoms with Crippen molar-refractivity contribution in [2.75, 3.05) is 9.80 Å². The fraction of sp³-hybridized carbons (Fsp3) is 0.0526. The van der Waals surface area contributed by atoms with E-state index in [2.05, 4.69) is 315 Å². The van der Waals surface area contributed by atoms with Gasteiger partial charge in [-0.05, 0) is 180 Å². The molecule has 0 bridgehead atoms. The van der Waals surface area contributed by atoms with E-state index in [-0.39, 0.29) is 5.41 Å². The molecular formula is C76H54N2. The van der Waals surface area contributed by atoms with Gasteiger partial charge in [0.05, 0.1) is 11.1 Å². The zero-order chi connectivity index (χ0) is 52.0. The van der Waals surface area contributed by atoms with Crippen LogP contribution in [0.3, 0.4) is 0 Å². The van der Waals surface area contributed by atoms with Crippen molar-refractivity contribution >= 4 is 34.1 Å². The van der Waals surface area contributed by atoms with Crippen LogP contribution in [0.5, 0.6) is 0 Å². The molecule has 1 atom stereocenters. The third-order valence-corrected chi connectivity index (χ3v) is 17.0. The van der Waals surface area contributed by atoms with Crippen LogP contribution in [0.4, 0.5) is 34.1 Å². The second-order valence-corrected chi connectivity index (χ2v) is 21.6. The molecule has 0 radical (unpaired) electrons. The molecule has 0 heterocycles. The molecule has 12 aromatic carbocycles. The van der Waals surface area contributed by atoms with Gasteiger partial charge in [0.2, 0.25) is 0 Å². The topological polar surface area (TPSA) is 6.48 Å². The average Bonchev–Trinajstić information content (AvgIpc) is 4.12. The first-order chi connectivity index (χ1) is 38.4. The van der Waals surface area contributed by atoms with Crippen LogP contribution in [0.2, 0.25) is 0 Å². The second-order valence-electron chi connectivity index (χ2n) is 21.6. The first-order valence-corrected chi connectivity index (χ1v) is 27.2. The van der Waals surface area contributed by atoms with Crippen LogP contribution < -0.4 is 9.80 Å². The Morgan fingerprint density at radius 3 is 1.17 bits per heavy atom. The van der Waals surface area contributed by atoms with Crippen LogP contribution in [0.1, 0.15) is 47.2 Å². The third-order valence-electron chi connectivity index (χ3n) is 17.0. The average molecular weight is 995 g/mol. The van der Waals surface area contributed by atoms with Gasteiger partial charge in [-0.3, -0.25) is 0 Å². The second kappa shape index (κ2) is 17.9. The number of hydrogen-bond acceptors (Lipinski definition) is 2. The minimum Gasteiger partial charge on any atom is -0.310 e. The van der Waals surface area contributed by atoms with E-state index >= 15 is 0 Å². The molecule has 0 aromatic heterocycles. The van der Waals surface area contributed by atoms with E-state index in [9.17, 15) is 0 Å². The zero-order valence-corrected chi connectivity index (χ0v) is 43.6. The van der Waals surface area contributed by atoms with Crippen molar-refractivity contribution in [1.29, 1.82) is 0 Å². The van der Waals surface area contributed by atoms with Crippen LogP contribution >= 0.6 is 0 Å². The van der Waals surface area contributed by atoms with Crippen LogP contribution in [-0.2, 0) is 10.8 Å². The Morgan fingerprint density at radius 1 is 0.218 bits per heavy atom. The maximum atomic E-state index is 2.59. The van der Waals surface area contributed by atoms with Crippen molar-refractivity contribution in [3.05, 3.63) is 325 Å². The molecule has 0 fully saturated rings. The van der Waals surface area contributed by atoms with Crippen LogP contribution in [0.25, 0.3) is 66.8 Å². The van der Waals surface area contributed by atoms with E-state index in [1.807, 2.05) is 0 Å². The molecule has 0 aliphatic heterocycles. The fourth-order valence-electron chi connectivity index (χ4n) is 13.5. The summed E-state index contributed by atoms with van der Waals surface area (Å²) in [6.45, 7) is 4.76. The van der Waals surface area contributed by atoms with Crippen molar-refractivity contribution in [2.24, 2.45) is 0 Å². The lowest BCUT2D eigenvalue weighted by atomic mass is 9.70. The minimum absolute atomic E-state index is 0.187. The molecule has 1 unspecified atom stereocenters. The SMILES string of the molecule is CC1(C)c2ccccc2-c2ccc(N(c3ccccc3)c3cc4c(cc3-c3ccccc3)-c3cc(-c5ccccc5)ccc3C43c4ccc(-c5ccccc5)cc4-c4ccc(N(c5ccccc5)c5ccccc5)cc43)cc21. The van der Waals surface area contributed by atoms with Gasteiger partial charge >= 0.3 is 0 Å². The largest absolute Gasteiger partial charge is 0.310 e. The number of benzene rings is 12. The summed E-state index contributed by atoms with van der Waals surface area (Å²) in [4.78, 5) is 4.95. The van der Waals surface area contributed by atoms with Crippen molar-refractivity contribution in [1.82, 2.24) is 0 Å². The van der Waals surface area contributed by atoms with E-state index in [0.717, 1.165) is 39.7 Å².